The number of carbonyl (C=O) groups excluding carboxylic acids is 1. The van der Waals surface area contributed by atoms with E-state index in [0.717, 1.165) is 5.56 Å². The van der Waals surface area contributed by atoms with Crippen LogP contribution in [0.2, 0.25) is 0 Å². The van der Waals surface area contributed by atoms with E-state index in [1.807, 2.05) is 0 Å². The summed E-state index contributed by atoms with van der Waals surface area (Å²) in [5.41, 5.74) is 7.51. The lowest BCUT2D eigenvalue weighted by Gasteiger charge is -2.18. The number of nitrogens with one attached hydrogen (secondary N) is 3. The van der Waals surface area contributed by atoms with Crippen LogP contribution in [0.1, 0.15) is 36.5 Å². The molecule has 9 nitrogen and oxygen atoms in total. The van der Waals surface area contributed by atoms with Crippen LogP contribution < -0.4 is 20.5 Å². The van der Waals surface area contributed by atoms with Gasteiger partial charge in [0.1, 0.15) is 11.8 Å². The van der Waals surface area contributed by atoms with E-state index < -0.39 is 22.0 Å². The Labute approximate surface area is 178 Å². The second-order valence-corrected chi connectivity index (χ2v) is 8.00. The number of hydrogen-bond donors (Lipinski definition) is 4. The number of methoxy groups -OCH3 is 1. The summed E-state index contributed by atoms with van der Waals surface area (Å²) in [5.74, 6) is -0.212. The third kappa shape index (κ3) is 7.37. The van der Waals surface area contributed by atoms with Gasteiger partial charge >= 0.3 is 5.97 Å². The van der Waals surface area contributed by atoms with Gasteiger partial charge in [-0.25, -0.2) is 13.1 Å². The van der Waals surface area contributed by atoms with Crippen LogP contribution in [0.4, 0.5) is 0 Å². The molecule has 0 bridgehead atoms. The van der Waals surface area contributed by atoms with Crippen molar-refractivity contribution in [3.8, 4) is 5.75 Å². The summed E-state index contributed by atoms with van der Waals surface area (Å²) in [6, 6.07) is 0.922. The molecule has 0 heterocycles. The maximum absolute atomic E-state index is 12.7. The minimum absolute atomic E-state index is 0. The van der Waals surface area contributed by atoms with Crippen molar-refractivity contribution < 1.29 is 22.7 Å². The van der Waals surface area contributed by atoms with Crippen molar-refractivity contribution in [3.05, 3.63) is 22.8 Å². The number of aryl methyl sites for hydroxylation is 1. The highest BCUT2D eigenvalue weighted by Crippen LogP contribution is 2.30. The van der Waals surface area contributed by atoms with Gasteiger partial charge in [0.05, 0.1) is 18.6 Å². The third-order valence-corrected chi connectivity index (χ3v) is 5.93. The number of ether oxygens (including phenoxy) is 2. The molecule has 11 heteroatoms. The first-order valence-corrected chi connectivity index (χ1v) is 10.5. The first-order valence-electron chi connectivity index (χ1n) is 8.97. The van der Waals surface area contributed by atoms with E-state index in [1.165, 1.54) is 7.11 Å². The smallest absolute Gasteiger partial charge is 0.322 e. The third-order valence-electron chi connectivity index (χ3n) is 4.29. The number of halogens is 1. The van der Waals surface area contributed by atoms with Crippen LogP contribution in [-0.4, -0.2) is 46.6 Å². The molecule has 0 saturated heterocycles. The van der Waals surface area contributed by atoms with E-state index in [0.29, 0.717) is 29.7 Å². The standard InChI is InChI=1S/C18H30N4O5S.ClH/c1-6-27-17(23)14(19)8-7-9-21-18(20)22-28(24,25)16-11(2)10-15(26-5)12(3)13(16)4;/h10,14H,6-9,19H2,1-5H3,(H3,20,21,22);1H/t14-;/m0./s1. The number of rotatable bonds is 9. The summed E-state index contributed by atoms with van der Waals surface area (Å²) >= 11 is 0. The highest BCUT2D eigenvalue weighted by molar-refractivity contribution is 7.90. The summed E-state index contributed by atoms with van der Waals surface area (Å²) in [7, 11) is -2.41. The van der Waals surface area contributed by atoms with Gasteiger partial charge in [0.25, 0.3) is 10.0 Å². The Balaban J connectivity index is 0.00000784. The first kappa shape index (κ1) is 27.0. The van der Waals surface area contributed by atoms with Crippen molar-refractivity contribution >= 4 is 34.4 Å². The lowest BCUT2D eigenvalue weighted by Crippen LogP contribution is -2.41. The topological polar surface area (TPSA) is 144 Å². The lowest BCUT2D eigenvalue weighted by molar-refractivity contribution is -0.144. The van der Waals surface area contributed by atoms with Gasteiger partial charge in [-0.05, 0) is 63.3 Å². The van der Waals surface area contributed by atoms with Crippen molar-refractivity contribution in [1.82, 2.24) is 10.0 Å². The zero-order valence-electron chi connectivity index (χ0n) is 17.4. The molecule has 0 radical (unpaired) electrons. The molecule has 0 saturated carbocycles. The van der Waals surface area contributed by atoms with Gasteiger partial charge in [0, 0.05) is 6.54 Å². The molecule has 0 fully saturated rings. The fourth-order valence-electron chi connectivity index (χ4n) is 2.77. The first-order chi connectivity index (χ1) is 13.0. The Morgan fingerprint density at radius 1 is 1.28 bits per heavy atom. The molecule has 0 aliphatic heterocycles. The molecular weight excluding hydrogens is 420 g/mol. The average Bonchev–Trinajstić information content (AvgIpc) is 2.61. The van der Waals surface area contributed by atoms with Crippen molar-refractivity contribution in [2.45, 2.75) is 51.5 Å². The van der Waals surface area contributed by atoms with Crippen LogP contribution in [0.5, 0.6) is 5.75 Å². The van der Waals surface area contributed by atoms with E-state index in [-0.39, 0.29) is 36.4 Å². The van der Waals surface area contributed by atoms with Crippen LogP contribution in [-0.2, 0) is 19.6 Å². The Morgan fingerprint density at radius 3 is 2.45 bits per heavy atom. The maximum Gasteiger partial charge on any atom is 0.322 e. The molecule has 0 aromatic heterocycles. The number of hydrogen-bond acceptors (Lipinski definition) is 7. The van der Waals surface area contributed by atoms with Gasteiger partial charge in [-0.2, -0.15) is 0 Å². The van der Waals surface area contributed by atoms with E-state index >= 15 is 0 Å². The van der Waals surface area contributed by atoms with Crippen LogP contribution in [0.25, 0.3) is 0 Å². The van der Waals surface area contributed by atoms with E-state index in [9.17, 15) is 13.2 Å². The van der Waals surface area contributed by atoms with Gasteiger partial charge in [0.2, 0.25) is 5.96 Å². The fourth-order valence-corrected chi connectivity index (χ4v) is 4.25. The Kier molecular flexibility index (Phi) is 11.0. The minimum Gasteiger partial charge on any atom is -0.496 e. The molecule has 1 rings (SSSR count). The molecule has 5 N–H and O–H groups in total. The van der Waals surface area contributed by atoms with Gasteiger partial charge in [-0.3, -0.25) is 10.2 Å². The fraction of sp³-hybridized carbons (Fsp3) is 0.556. The summed E-state index contributed by atoms with van der Waals surface area (Å²) in [6.07, 6.45) is 0.839. The van der Waals surface area contributed by atoms with Gasteiger partial charge in [-0.1, -0.05) is 0 Å². The Hall–Kier alpha value is -2.04. The molecule has 29 heavy (non-hydrogen) atoms. The number of guanidine groups is 1. The Morgan fingerprint density at radius 2 is 1.90 bits per heavy atom. The molecule has 1 aromatic carbocycles. The van der Waals surface area contributed by atoms with E-state index in [1.54, 1.807) is 33.8 Å². The van der Waals surface area contributed by atoms with Crippen molar-refractivity contribution in [1.29, 1.82) is 5.41 Å². The van der Waals surface area contributed by atoms with Crippen LogP contribution >= 0.6 is 12.4 Å². The Bertz CT molecular complexity index is 830. The predicted molar refractivity (Wildman–Crippen MR) is 114 cm³/mol. The van der Waals surface area contributed by atoms with Gasteiger partial charge < -0.3 is 20.5 Å². The summed E-state index contributed by atoms with van der Waals surface area (Å²) in [4.78, 5) is 11.6. The number of carbonyl (C=O) groups is 1. The molecule has 166 valence electrons. The normalized spacial score (nSPS) is 11.8. The van der Waals surface area contributed by atoms with Crippen molar-refractivity contribution in [2.75, 3.05) is 20.3 Å². The molecule has 0 spiro atoms. The van der Waals surface area contributed by atoms with Crippen LogP contribution in [0, 0.1) is 26.2 Å². The molecule has 1 aromatic rings. The average molecular weight is 451 g/mol. The highest BCUT2D eigenvalue weighted by Gasteiger charge is 2.23. The molecule has 0 aliphatic carbocycles. The van der Waals surface area contributed by atoms with E-state index in [2.05, 4.69) is 10.0 Å². The second-order valence-electron chi connectivity index (χ2n) is 6.38. The van der Waals surface area contributed by atoms with Crippen LogP contribution in [0.15, 0.2) is 11.0 Å². The van der Waals surface area contributed by atoms with Gasteiger partial charge in [0.15, 0.2) is 0 Å². The zero-order chi connectivity index (χ0) is 21.5. The monoisotopic (exact) mass is 450 g/mol. The number of sulfonamides is 1. The summed E-state index contributed by atoms with van der Waals surface area (Å²) in [6.45, 7) is 7.41. The second kappa shape index (κ2) is 11.8. The van der Waals surface area contributed by atoms with Crippen LogP contribution in [0.3, 0.4) is 0 Å². The summed E-state index contributed by atoms with van der Waals surface area (Å²) < 4.78 is 37.8. The predicted octanol–water partition coefficient (Wildman–Crippen LogP) is 1.52. The summed E-state index contributed by atoms with van der Waals surface area (Å²) in [5, 5.41) is 10.5. The van der Waals surface area contributed by atoms with E-state index in [4.69, 9.17) is 20.6 Å². The van der Waals surface area contributed by atoms with Gasteiger partial charge in [-0.15, -0.1) is 12.4 Å². The number of benzene rings is 1. The SMILES string of the molecule is CCOC(=O)[C@@H](N)CCCNC(=N)NS(=O)(=O)c1c(C)cc(OC)c(C)c1C.Cl. The molecule has 0 unspecified atom stereocenters. The maximum atomic E-state index is 12.7. The zero-order valence-corrected chi connectivity index (χ0v) is 19.1. The minimum atomic E-state index is -3.93. The molecular formula is C18H31ClN4O5S. The van der Waals surface area contributed by atoms with Crippen molar-refractivity contribution in [2.24, 2.45) is 5.73 Å². The molecule has 1 atom stereocenters. The highest BCUT2D eigenvalue weighted by atomic mass is 35.5. The number of nitrogens with two attached hydrogens (primary N) is 1. The molecule has 0 amide bonds. The lowest BCUT2D eigenvalue weighted by atomic mass is 10.1. The van der Waals surface area contributed by atoms with Crippen molar-refractivity contribution in [3.63, 3.8) is 0 Å². The molecule has 0 aliphatic rings. The largest absolute Gasteiger partial charge is 0.496 e. The number of esters is 1. The quantitative estimate of drug-likeness (QED) is 0.193.